The van der Waals surface area contributed by atoms with Crippen molar-refractivity contribution in [1.82, 2.24) is 4.90 Å². The highest BCUT2D eigenvalue weighted by molar-refractivity contribution is 9.10. The molecule has 1 aliphatic carbocycles. The zero-order valence-corrected chi connectivity index (χ0v) is 14.0. The lowest BCUT2D eigenvalue weighted by molar-refractivity contribution is 0.102. The molecule has 0 amide bonds. The van der Waals surface area contributed by atoms with Gasteiger partial charge in [0.25, 0.3) is 0 Å². The summed E-state index contributed by atoms with van der Waals surface area (Å²) in [5, 5.41) is 2.14. The molecule has 108 valence electrons. The number of thiophene rings is 1. The molecule has 0 spiro atoms. The van der Waals surface area contributed by atoms with Gasteiger partial charge in [-0.3, -0.25) is 4.90 Å². The number of nitrogens with zero attached hydrogens (tertiary/aromatic N) is 1. The van der Waals surface area contributed by atoms with E-state index in [9.17, 15) is 0 Å². The van der Waals surface area contributed by atoms with Crippen LogP contribution in [0.4, 0.5) is 0 Å². The maximum absolute atomic E-state index is 6.41. The molecule has 1 saturated carbocycles. The molecule has 2 atom stereocenters. The lowest BCUT2D eigenvalue weighted by Crippen LogP contribution is -2.43. The van der Waals surface area contributed by atoms with Crippen molar-refractivity contribution in [2.45, 2.75) is 44.3 Å². The molecule has 1 aliphatic rings. The first-order chi connectivity index (χ1) is 9.17. The predicted octanol–water partition coefficient (Wildman–Crippen LogP) is 3.40. The minimum absolute atomic E-state index is 0.183. The smallest absolute Gasteiger partial charge is 0.0596 e. The Bertz CT molecular complexity index is 395. The van der Waals surface area contributed by atoms with Crippen molar-refractivity contribution < 1.29 is 4.74 Å². The van der Waals surface area contributed by atoms with Gasteiger partial charge in [0.05, 0.1) is 12.6 Å². The minimum Gasteiger partial charge on any atom is -0.383 e. The maximum Gasteiger partial charge on any atom is 0.0596 e. The molecule has 1 fully saturated rings. The third kappa shape index (κ3) is 4.02. The number of nitrogens with two attached hydrogens (primary N) is 1. The van der Waals surface area contributed by atoms with E-state index in [0.717, 1.165) is 24.0 Å². The van der Waals surface area contributed by atoms with Gasteiger partial charge < -0.3 is 10.5 Å². The van der Waals surface area contributed by atoms with Crippen molar-refractivity contribution in [3.05, 3.63) is 20.8 Å². The van der Waals surface area contributed by atoms with Gasteiger partial charge in [0.2, 0.25) is 0 Å². The van der Waals surface area contributed by atoms with Crippen LogP contribution in [0.5, 0.6) is 0 Å². The SMILES string of the molecule is CCC(N)C(c1cc(Br)cs1)N(CCOC)C1CC1. The Labute approximate surface area is 128 Å². The molecule has 0 aliphatic heterocycles. The van der Waals surface area contributed by atoms with Crippen molar-refractivity contribution in [1.29, 1.82) is 0 Å². The van der Waals surface area contributed by atoms with Gasteiger partial charge >= 0.3 is 0 Å². The highest BCUT2D eigenvalue weighted by Crippen LogP contribution is 2.39. The van der Waals surface area contributed by atoms with Crippen LogP contribution in [0.15, 0.2) is 15.9 Å². The quantitative estimate of drug-likeness (QED) is 0.783. The third-order valence-electron chi connectivity index (χ3n) is 3.68. The average Bonchev–Trinajstić information content (AvgIpc) is 3.16. The number of hydrogen-bond acceptors (Lipinski definition) is 4. The Morgan fingerprint density at radius 2 is 2.32 bits per heavy atom. The topological polar surface area (TPSA) is 38.5 Å². The second-order valence-corrected chi connectivity index (χ2v) is 7.00. The summed E-state index contributed by atoms with van der Waals surface area (Å²) in [5.41, 5.74) is 6.41. The molecule has 2 N–H and O–H groups in total. The maximum atomic E-state index is 6.41. The molecule has 0 radical (unpaired) electrons. The Morgan fingerprint density at radius 3 is 2.79 bits per heavy atom. The first-order valence-corrected chi connectivity index (χ1v) is 8.58. The number of rotatable bonds is 8. The molecule has 0 bridgehead atoms. The summed E-state index contributed by atoms with van der Waals surface area (Å²) in [6, 6.07) is 3.41. The number of hydrogen-bond donors (Lipinski definition) is 1. The van der Waals surface area contributed by atoms with Gasteiger partial charge in [-0.05, 0) is 41.3 Å². The number of methoxy groups -OCH3 is 1. The normalized spacial score (nSPS) is 18.8. The summed E-state index contributed by atoms with van der Waals surface area (Å²) in [5.74, 6) is 0. The molecule has 1 heterocycles. The standard InChI is InChI=1S/C14H23BrN2OS/c1-3-12(16)14(13-8-10(15)9-19-13)17(6-7-18-2)11-4-5-11/h8-9,11-12,14H,3-7,16H2,1-2H3. The summed E-state index contributed by atoms with van der Waals surface area (Å²) in [4.78, 5) is 3.92. The molecular weight excluding hydrogens is 324 g/mol. The van der Waals surface area contributed by atoms with Crippen LogP contribution >= 0.6 is 27.3 Å². The fraction of sp³-hybridized carbons (Fsp3) is 0.714. The molecule has 0 saturated heterocycles. The van der Waals surface area contributed by atoms with E-state index in [0.29, 0.717) is 12.1 Å². The van der Waals surface area contributed by atoms with Gasteiger partial charge in [-0.25, -0.2) is 0 Å². The van der Waals surface area contributed by atoms with Crippen LogP contribution in [-0.4, -0.2) is 37.2 Å². The van der Waals surface area contributed by atoms with Crippen LogP contribution in [0.2, 0.25) is 0 Å². The van der Waals surface area contributed by atoms with E-state index >= 15 is 0 Å². The Hall–Kier alpha value is 0.0600. The van der Waals surface area contributed by atoms with Gasteiger partial charge in [0, 0.05) is 40.5 Å². The minimum atomic E-state index is 0.183. The summed E-state index contributed by atoms with van der Waals surface area (Å²) in [7, 11) is 1.77. The van der Waals surface area contributed by atoms with Gasteiger partial charge in [0.1, 0.15) is 0 Å². The Kier molecular flexibility index (Phi) is 5.84. The second-order valence-electron chi connectivity index (χ2n) is 5.15. The summed E-state index contributed by atoms with van der Waals surface area (Å²) < 4.78 is 6.42. The fourth-order valence-electron chi connectivity index (χ4n) is 2.48. The summed E-state index contributed by atoms with van der Waals surface area (Å²) in [6.07, 6.45) is 3.59. The number of halogens is 1. The zero-order chi connectivity index (χ0) is 13.8. The highest BCUT2D eigenvalue weighted by atomic mass is 79.9. The lowest BCUT2D eigenvalue weighted by Gasteiger charge is -2.34. The molecule has 2 rings (SSSR count). The van der Waals surface area contributed by atoms with E-state index < -0.39 is 0 Å². The lowest BCUT2D eigenvalue weighted by atomic mass is 10.0. The highest BCUT2D eigenvalue weighted by Gasteiger charge is 2.37. The summed E-state index contributed by atoms with van der Waals surface area (Å²) in [6.45, 7) is 3.91. The van der Waals surface area contributed by atoms with Crippen molar-refractivity contribution in [2.75, 3.05) is 20.3 Å². The van der Waals surface area contributed by atoms with E-state index in [2.05, 4.69) is 39.2 Å². The van der Waals surface area contributed by atoms with Crippen LogP contribution in [-0.2, 0) is 4.74 Å². The first kappa shape index (κ1) is 15.4. The first-order valence-electron chi connectivity index (χ1n) is 6.91. The van der Waals surface area contributed by atoms with Gasteiger partial charge in [-0.2, -0.15) is 0 Å². The van der Waals surface area contributed by atoms with Gasteiger partial charge in [-0.1, -0.05) is 6.92 Å². The monoisotopic (exact) mass is 346 g/mol. The third-order valence-corrected chi connectivity index (χ3v) is 5.45. The van der Waals surface area contributed by atoms with E-state index in [4.69, 9.17) is 10.5 Å². The summed E-state index contributed by atoms with van der Waals surface area (Å²) >= 11 is 5.35. The van der Waals surface area contributed by atoms with Gasteiger partial charge in [0.15, 0.2) is 0 Å². The predicted molar refractivity (Wildman–Crippen MR) is 84.6 cm³/mol. The Balaban J connectivity index is 2.19. The largest absolute Gasteiger partial charge is 0.383 e. The molecule has 5 heteroatoms. The van der Waals surface area contributed by atoms with Crippen LogP contribution in [0, 0.1) is 0 Å². The second kappa shape index (κ2) is 7.18. The molecule has 3 nitrogen and oxygen atoms in total. The molecule has 0 aromatic carbocycles. The average molecular weight is 347 g/mol. The van der Waals surface area contributed by atoms with Crippen LogP contribution < -0.4 is 5.73 Å². The van der Waals surface area contributed by atoms with E-state index in [-0.39, 0.29) is 6.04 Å². The van der Waals surface area contributed by atoms with Crippen molar-refractivity contribution in [3.63, 3.8) is 0 Å². The van der Waals surface area contributed by atoms with Crippen LogP contribution in [0.3, 0.4) is 0 Å². The van der Waals surface area contributed by atoms with Gasteiger partial charge in [-0.15, -0.1) is 11.3 Å². The van der Waals surface area contributed by atoms with Crippen LogP contribution in [0.25, 0.3) is 0 Å². The number of ether oxygens (including phenoxy) is 1. The molecule has 1 aromatic rings. The molecule has 2 unspecified atom stereocenters. The van der Waals surface area contributed by atoms with Crippen molar-refractivity contribution >= 4 is 27.3 Å². The van der Waals surface area contributed by atoms with Crippen molar-refractivity contribution in [3.8, 4) is 0 Å². The molecule has 1 aromatic heterocycles. The van der Waals surface area contributed by atoms with Crippen LogP contribution in [0.1, 0.15) is 37.1 Å². The van der Waals surface area contributed by atoms with E-state index in [1.165, 1.54) is 17.7 Å². The molecule has 19 heavy (non-hydrogen) atoms. The van der Waals surface area contributed by atoms with E-state index in [1.807, 2.05) is 0 Å². The van der Waals surface area contributed by atoms with Crippen molar-refractivity contribution in [2.24, 2.45) is 5.73 Å². The van der Waals surface area contributed by atoms with E-state index in [1.54, 1.807) is 18.4 Å². The fourth-order valence-corrected chi connectivity index (χ4v) is 4.12. The Morgan fingerprint density at radius 1 is 1.58 bits per heavy atom. The molecular formula is C14H23BrN2OS. The zero-order valence-electron chi connectivity index (χ0n) is 11.6.